The number of aliphatic hydroxyl groups is 1. The van der Waals surface area contributed by atoms with Crippen LogP contribution in [0, 0.1) is 6.92 Å². The van der Waals surface area contributed by atoms with Gasteiger partial charge in [0.05, 0.1) is 6.10 Å². The third-order valence-electron chi connectivity index (χ3n) is 1.74. The van der Waals surface area contributed by atoms with Crippen LogP contribution >= 0.6 is 0 Å². The van der Waals surface area contributed by atoms with Crippen molar-refractivity contribution in [3.63, 3.8) is 0 Å². The van der Waals surface area contributed by atoms with Crippen molar-refractivity contribution in [2.75, 3.05) is 0 Å². The summed E-state index contributed by atoms with van der Waals surface area (Å²) in [4.78, 5) is 2.95. The minimum atomic E-state index is -0.300. The molecule has 1 rings (SSSR count). The van der Waals surface area contributed by atoms with Gasteiger partial charge in [-0.05, 0) is 18.9 Å². The third-order valence-corrected chi connectivity index (χ3v) is 1.74. The molecule has 0 fully saturated rings. The van der Waals surface area contributed by atoms with Crippen LogP contribution < -0.4 is 0 Å². The fraction of sp³-hybridized carbons (Fsp3) is 0.500. The van der Waals surface area contributed by atoms with Gasteiger partial charge in [-0.1, -0.05) is 6.92 Å². The summed E-state index contributed by atoms with van der Waals surface area (Å²) in [6.45, 7) is 3.96. The van der Waals surface area contributed by atoms with Crippen molar-refractivity contribution < 1.29 is 5.11 Å². The highest BCUT2D eigenvalue weighted by Gasteiger charge is 2.07. The van der Waals surface area contributed by atoms with Gasteiger partial charge in [-0.25, -0.2) is 0 Å². The van der Waals surface area contributed by atoms with Crippen LogP contribution in [-0.4, -0.2) is 10.1 Å². The number of aromatic amines is 1. The molecule has 56 valence electrons. The van der Waals surface area contributed by atoms with E-state index in [1.54, 1.807) is 0 Å². The zero-order valence-electron chi connectivity index (χ0n) is 6.39. The Labute approximate surface area is 60.9 Å². The molecule has 10 heavy (non-hydrogen) atoms. The molecule has 0 aromatic carbocycles. The minimum absolute atomic E-state index is 0.300. The fourth-order valence-electron chi connectivity index (χ4n) is 1.03. The van der Waals surface area contributed by atoms with Gasteiger partial charge in [-0.2, -0.15) is 0 Å². The Hall–Kier alpha value is -0.760. The van der Waals surface area contributed by atoms with Gasteiger partial charge < -0.3 is 10.1 Å². The summed E-state index contributed by atoms with van der Waals surface area (Å²) >= 11 is 0. The number of aryl methyl sites for hydroxylation is 1. The van der Waals surface area contributed by atoms with E-state index in [9.17, 15) is 5.11 Å². The summed E-state index contributed by atoms with van der Waals surface area (Å²) in [6.07, 6.45) is 4.22. The second-order valence-corrected chi connectivity index (χ2v) is 2.52. The van der Waals surface area contributed by atoms with Crippen LogP contribution in [-0.2, 0) is 0 Å². The van der Waals surface area contributed by atoms with Gasteiger partial charge in [-0.3, -0.25) is 0 Å². The highest BCUT2D eigenvalue weighted by molar-refractivity contribution is 5.23. The summed E-state index contributed by atoms with van der Waals surface area (Å²) in [6, 6.07) is 0. The van der Waals surface area contributed by atoms with Crippen molar-refractivity contribution >= 4 is 0 Å². The molecule has 0 radical (unpaired) electrons. The third kappa shape index (κ3) is 1.21. The maximum absolute atomic E-state index is 9.38. The number of nitrogens with one attached hydrogen (secondary N) is 1. The zero-order chi connectivity index (χ0) is 7.56. The van der Waals surface area contributed by atoms with Crippen molar-refractivity contribution in [3.05, 3.63) is 23.5 Å². The van der Waals surface area contributed by atoms with Crippen LogP contribution in [0.15, 0.2) is 12.4 Å². The summed E-state index contributed by atoms with van der Waals surface area (Å²) in [7, 11) is 0. The molecule has 0 bridgehead atoms. The largest absolute Gasteiger partial charge is 0.388 e. The van der Waals surface area contributed by atoms with Crippen molar-refractivity contribution in [1.29, 1.82) is 0 Å². The van der Waals surface area contributed by atoms with E-state index < -0.39 is 0 Å². The van der Waals surface area contributed by atoms with Crippen LogP contribution in [0.3, 0.4) is 0 Å². The van der Waals surface area contributed by atoms with E-state index in [0.29, 0.717) is 0 Å². The van der Waals surface area contributed by atoms with Crippen molar-refractivity contribution in [2.45, 2.75) is 26.4 Å². The van der Waals surface area contributed by atoms with E-state index in [1.807, 2.05) is 26.2 Å². The number of H-pyrrole nitrogens is 1. The Balaban J connectivity index is 2.82. The van der Waals surface area contributed by atoms with Crippen LogP contribution in [0.25, 0.3) is 0 Å². The second-order valence-electron chi connectivity index (χ2n) is 2.52. The Kier molecular flexibility index (Phi) is 2.12. The topological polar surface area (TPSA) is 36.0 Å². The molecule has 2 heteroatoms. The predicted molar refractivity (Wildman–Crippen MR) is 40.8 cm³/mol. The van der Waals surface area contributed by atoms with Gasteiger partial charge in [0.2, 0.25) is 0 Å². The Morgan fingerprint density at radius 3 is 2.70 bits per heavy atom. The first kappa shape index (κ1) is 7.35. The molecule has 2 nitrogen and oxygen atoms in total. The summed E-state index contributed by atoms with van der Waals surface area (Å²) in [5.74, 6) is 0. The molecule has 0 amide bonds. The zero-order valence-corrected chi connectivity index (χ0v) is 6.39. The van der Waals surface area contributed by atoms with Crippen LogP contribution in [0.4, 0.5) is 0 Å². The van der Waals surface area contributed by atoms with Crippen LogP contribution in [0.5, 0.6) is 0 Å². The monoisotopic (exact) mass is 139 g/mol. The van der Waals surface area contributed by atoms with E-state index >= 15 is 0 Å². The number of hydrogen-bond acceptors (Lipinski definition) is 1. The van der Waals surface area contributed by atoms with Gasteiger partial charge in [0.15, 0.2) is 0 Å². The van der Waals surface area contributed by atoms with E-state index in [2.05, 4.69) is 4.98 Å². The summed E-state index contributed by atoms with van der Waals surface area (Å²) in [5.41, 5.74) is 2.15. The lowest BCUT2D eigenvalue weighted by Gasteiger charge is -2.05. The maximum Gasteiger partial charge on any atom is 0.0804 e. The Morgan fingerprint density at radius 2 is 2.30 bits per heavy atom. The van der Waals surface area contributed by atoms with Crippen molar-refractivity contribution in [3.8, 4) is 0 Å². The molecule has 0 aliphatic carbocycles. The van der Waals surface area contributed by atoms with E-state index in [-0.39, 0.29) is 6.10 Å². The Morgan fingerprint density at radius 1 is 1.60 bits per heavy atom. The molecule has 0 spiro atoms. The van der Waals surface area contributed by atoms with Crippen LogP contribution in [0.1, 0.15) is 30.6 Å². The molecule has 0 saturated carbocycles. The standard InChI is InChI=1S/C8H13NO/c1-3-8(10)7-5-9-4-6(7)2/h4-5,8-10H,3H2,1-2H3. The van der Waals surface area contributed by atoms with Gasteiger partial charge in [0.1, 0.15) is 0 Å². The molecule has 1 unspecified atom stereocenters. The number of aliphatic hydroxyl groups excluding tert-OH is 1. The highest BCUT2D eigenvalue weighted by Crippen LogP contribution is 2.18. The number of rotatable bonds is 2. The summed E-state index contributed by atoms with van der Waals surface area (Å²) < 4.78 is 0. The number of hydrogen-bond donors (Lipinski definition) is 2. The van der Waals surface area contributed by atoms with Crippen molar-refractivity contribution in [1.82, 2.24) is 4.98 Å². The molecule has 2 N–H and O–H groups in total. The quantitative estimate of drug-likeness (QED) is 0.643. The Bertz CT molecular complexity index is 205. The van der Waals surface area contributed by atoms with E-state index in [0.717, 1.165) is 17.5 Å². The first-order valence-corrected chi connectivity index (χ1v) is 3.57. The lowest BCUT2D eigenvalue weighted by atomic mass is 10.1. The van der Waals surface area contributed by atoms with E-state index in [4.69, 9.17) is 0 Å². The average molecular weight is 139 g/mol. The second kappa shape index (κ2) is 2.88. The minimum Gasteiger partial charge on any atom is -0.388 e. The fourth-order valence-corrected chi connectivity index (χ4v) is 1.03. The van der Waals surface area contributed by atoms with Gasteiger partial charge >= 0.3 is 0 Å². The summed E-state index contributed by atoms with van der Waals surface area (Å²) in [5, 5.41) is 9.38. The molecule has 1 aromatic heterocycles. The highest BCUT2D eigenvalue weighted by atomic mass is 16.3. The van der Waals surface area contributed by atoms with Gasteiger partial charge in [0, 0.05) is 18.0 Å². The van der Waals surface area contributed by atoms with Gasteiger partial charge in [0.25, 0.3) is 0 Å². The number of aromatic nitrogens is 1. The lowest BCUT2D eigenvalue weighted by molar-refractivity contribution is 0.173. The van der Waals surface area contributed by atoms with Gasteiger partial charge in [-0.15, -0.1) is 0 Å². The first-order chi connectivity index (χ1) is 4.75. The molecule has 0 saturated heterocycles. The average Bonchev–Trinajstić information content (AvgIpc) is 2.34. The molecular weight excluding hydrogens is 126 g/mol. The SMILES string of the molecule is CCC(O)c1c[nH]cc1C. The smallest absolute Gasteiger partial charge is 0.0804 e. The maximum atomic E-state index is 9.38. The lowest BCUT2D eigenvalue weighted by Crippen LogP contribution is -1.94. The molecule has 1 heterocycles. The van der Waals surface area contributed by atoms with E-state index in [1.165, 1.54) is 0 Å². The predicted octanol–water partition coefficient (Wildman–Crippen LogP) is 1.77. The molecule has 0 aliphatic heterocycles. The van der Waals surface area contributed by atoms with Crippen molar-refractivity contribution in [2.24, 2.45) is 0 Å². The molecular formula is C8H13NO. The van der Waals surface area contributed by atoms with Crippen LogP contribution in [0.2, 0.25) is 0 Å². The molecule has 1 aromatic rings. The molecule has 0 aliphatic rings. The normalized spacial score (nSPS) is 13.5. The molecule has 1 atom stereocenters. The first-order valence-electron chi connectivity index (χ1n) is 3.57.